The van der Waals surface area contributed by atoms with Gasteiger partial charge in [-0.05, 0) is 35.7 Å². The molecule has 0 bridgehead atoms. The molecule has 0 spiro atoms. The lowest BCUT2D eigenvalue weighted by Crippen LogP contribution is -2.39. The highest BCUT2D eigenvalue weighted by molar-refractivity contribution is 7.98. The molecule has 1 unspecified atom stereocenters. The van der Waals surface area contributed by atoms with Gasteiger partial charge in [-0.15, -0.1) is 10.2 Å². The Bertz CT molecular complexity index is 1280. The first-order valence-corrected chi connectivity index (χ1v) is 12.7. The van der Waals surface area contributed by atoms with Crippen molar-refractivity contribution in [3.05, 3.63) is 106 Å². The molecule has 0 fully saturated rings. The van der Waals surface area contributed by atoms with Crippen LogP contribution in [0.2, 0.25) is 5.02 Å². The quantitative estimate of drug-likeness (QED) is 0.295. The minimum Gasteiger partial charge on any atom is -0.331 e. The SMILES string of the molecule is Cc1ccc(Cl)cc1-n1c(SCc2ccccc2)nnc1C(Cc1ccccc1)NC(=O)N(C)C. The number of urea groups is 1. The van der Waals surface area contributed by atoms with E-state index >= 15 is 0 Å². The zero-order valence-corrected chi connectivity index (χ0v) is 21.6. The van der Waals surface area contributed by atoms with Gasteiger partial charge in [-0.25, -0.2) is 4.79 Å². The van der Waals surface area contributed by atoms with Crippen LogP contribution in [0, 0.1) is 6.92 Å². The molecule has 0 aliphatic carbocycles. The lowest BCUT2D eigenvalue weighted by atomic mass is 10.0. The summed E-state index contributed by atoms with van der Waals surface area (Å²) in [6.07, 6.45) is 0.571. The number of amides is 2. The molecule has 4 aromatic rings. The summed E-state index contributed by atoms with van der Waals surface area (Å²) in [5.41, 5.74) is 4.21. The Kier molecular flexibility index (Phi) is 8.10. The summed E-state index contributed by atoms with van der Waals surface area (Å²) < 4.78 is 2.03. The summed E-state index contributed by atoms with van der Waals surface area (Å²) in [4.78, 5) is 14.3. The summed E-state index contributed by atoms with van der Waals surface area (Å²) >= 11 is 8.01. The van der Waals surface area contributed by atoms with E-state index in [-0.39, 0.29) is 6.03 Å². The molecule has 1 aromatic heterocycles. The van der Waals surface area contributed by atoms with Crippen LogP contribution in [0.1, 0.15) is 28.6 Å². The maximum Gasteiger partial charge on any atom is 0.317 e. The second-order valence-corrected chi connectivity index (χ2v) is 9.85. The summed E-state index contributed by atoms with van der Waals surface area (Å²) in [7, 11) is 3.45. The first-order chi connectivity index (χ1) is 16.9. The van der Waals surface area contributed by atoms with Gasteiger partial charge in [0.2, 0.25) is 0 Å². The molecule has 0 radical (unpaired) electrons. The Morgan fingerprint density at radius 2 is 1.66 bits per heavy atom. The average molecular weight is 506 g/mol. The van der Waals surface area contributed by atoms with E-state index in [2.05, 4.69) is 27.6 Å². The molecule has 2 amide bonds. The Balaban J connectivity index is 1.78. The molecular weight excluding hydrogens is 478 g/mol. The van der Waals surface area contributed by atoms with Gasteiger partial charge in [0.05, 0.1) is 11.7 Å². The fourth-order valence-corrected chi connectivity index (χ4v) is 4.78. The van der Waals surface area contributed by atoms with Crippen LogP contribution >= 0.6 is 23.4 Å². The fraction of sp³-hybridized carbons (Fsp3) is 0.222. The van der Waals surface area contributed by atoms with Crippen molar-refractivity contribution in [2.24, 2.45) is 0 Å². The number of nitrogens with zero attached hydrogens (tertiary/aromatic N) is 4. The zero-order chi connectivity index (χ0) is 24.8. The van der Waals surface area contributed by atoms with Gasteiger partial charge in [-0.3, -0.25) is 4.57 Å². The number of aryl methyl sites for hydroxylation is 1. The van der Waals surface area contributed by atoms with Crippen molar-refractivity contribution in [1.82, 2.24) is 25.0 Å². The highest BCUT2D eigenvalue weighted by Gasteiger charge is 2.26. The van der Waals surface area contributed by atoms with E-state index < -0.39 is 6.04 Å². The number of hydrogen-bond acceptors (Lipinski definition) is 4. The smallest absolute Gasteiger partial charge is 0.317 e. The van der Waals surface area contributed by atoms with E-state index in [0.29, 0.717) is 17.3 Å². The number of carbonyl (C=O) groups excluding carboxylic acids is 1. The Hall–Kier alpha value is -3.29. The number of benzene rings is 3. The van der Waals surface area contributed by atoms with Crippen molar-refractivity contribution in [2.45, 2.75) is 30.3 Å². The van der Waals surface area contributed by atoms with E-state index in [0.717, 1.165) is 27.7 Å². The summed E-state index contributed by atoms with van der Waals surface area (Å²) in [6, 6.07) is 25.5. The van der Waals surface area contributed by atoms with Gasteiger partial charge in [-0.1, -0.05) is 90.1 Å². The molecule has 8 heteroatoms. The monoisotopic (exact) mass is 505 g/mol. The first kappa shape index (κ1) is 24.8. The highest BCUT2D eigenvalue weighted by atomic mass is 35.5. The summed E-state index contributed by atoms with van der Waals surface area (Å²) in [6.45, 7) is 2.03. The normalized spacial score (nSPS) is 11.8. The van der Waals surface area contributed by atoms with Crippen LogP contribution in [0.15, 0.2) is 84.0 Å². The average Bonchev–Trinajstić information content (AvgIpc) is 3.28. The van der Waals surface area contributed by atoms with E-state index in [1.165, 1.54) is 10.5 Å². The van der Waals surface area contributed by atoms with Crippen molar-refractivity contribution in [3.63, 3.8) is 0 Å². The van der Waals surface area contributed by atoms with Crippen LogP contribution in [-0.4, -0.2) is 39.8 Å². The van der Waals surface area contributed by atoms with Crippen LogP contribution in [0.25, 0.3) is 5.69 Å². The second-order valence-electron chi connectivity index (χ2n) is 8.47. The maximum atomic E-state index is 12.7. The molecule has 4 rings (SSSR count). The molecule has 0 saturated carbocycles. The maximum absolute atomic E-state index is 12.7. The van der Waals surface area contributed by atoms with Crippen molar-refractivity contribution in [2.75, 3.05) is 14.1 Å². The van der Waals surface area contributed by atoms with E-state index in [4.69, 9.17) is 11.6 Å². The molecule has 180 valence electrons. The van der Waals surface area contributed by atoms with Crippen LogP contribution in [-0.2, 0) is 12.2 Å². The molecule has 1 atom stereocenters. The predicted molar refractivity (Wildman–Crippen MR) is 142 cm³/mol. The molecule has 6 nitrogen and oxygen atoms in total. The highest BCUT2D eigenvalue weighted by Crippen LogP contribution is 2.31. The third-order valence-electron chi connectivity index (χ3n) is 5.58. The van der Waals surface area contributed by atoms with Gasteiger partial charge in [0, 0.05) is 31.3 Å². The number of carbonyl (C=O) groups is 1. The summed E-state index contributed by atoms with van der Waals surface area (Å²) in [5.74, 6) is 1.40. The number of halogens is 1. The Labute approximate surface area is 215 Å². The first-order valence-electron chi connectivity index (χ1n) is 11.3. The van der Waals surface area contributed by atoms with Gasteiger partial charge in [0.15, 0.2) is 11.0 Å². The third-order valence-corrected chi connectivity index (χ3v) is 6.81. The Morgan fingerprint density at radius 1 is 1.00 bits per heavy atom. The van der Waals surface area contributed by atoms with Gasteiger partial charge < -0.3 is 10.2 Å². The van der Waals surface area contributed by atoms with Crippen molar-refractivity contribution >= 4 is 29.4 Å². The van der Waals surface area contributed by atoms with Crippen molar-refractivity contribution < 1.29 is 4.79 Å². The lowest BCUT2D eigenvalue weighted by molar-refractivity contribution is 0.212. The minimum atomic E-state index is -0.399. The lowest BCUT2D eigenvalue weighted by Gasteiger charge is -2.23. The molecule has 35 heavy (non-hydrogen) atoms. The van der Waals surface area contributed by atoms with Crippen LogP contribution in [0.4, 0.5) is 4.79 Å². The third kappa shape index (κ3) is 6.24. The largest absolute Gasteiger partial charge is 0.331 e. The molecule has 3 aromatic carbocycles. The standard InChI is InChI=1S/C27H28ClN5OS/c1-19-14-15-22(28)17-24(19)33-25(30-31-27(33)35-18-21-12-8-5-9-13-21)23(29-26(34)32(2)3)16-20-10-6-4-7-11-20/h4-15,17,23H,16,18H2,1-3H3,(H,29,34). The van der Waals surface area contributed by atoms with Crippen LogP contribution in [0.5, 0.6) is 0 Å². The van der Waals surface area contributed by atoms with Crippen LogP contribution in [0.3, 0.4) is 0 Å². The number of rotatable bonds is 8. The Morgan fingerprint density at radius 3 is 2.31 bits per heavy atom. The molecular formula is C27H28ClN5OS. The zero-order valence-electron chi connectivity index (χ0n) is 20.0. The minimum absolute atomic E-state index is 0.193. The number of nitrogens with one attached hydrogen (secondary N) is 1. The number of thioether (sulfide) groups is 1. The van der Waals surface area contributed by atoms with E-state index in [9.17, 15) is 4.79 Å². The van der Waals surface area contributed by atoms with Crippen molar-refractivity contribution in [1.29, 1.82) is 0 Å². The fourth-order valence-electron chi connectivity index (χ4n) is 3.71. The van der Waals surface area contributed by atoms with Crippen LogP contribution < -0.4 is 5.32 Å². The topological polar surface area (TPSA) is 63.1 Å². The van der Waals surface area contributed by atoms with E-state index in [1.54, 1.807) is 25.9 Å². The molecule has 1 N–H and O–H groups in total. The summed E-state index contributed by atoms with van der Waals surface area (Å²) in [5, 5.41) is 13.7. The number of hydrogen-bond donors (Lipinski definition) is 1. The van der Waals surface area contributed by atoms with Gasteiger partial charge in [-0.2, -0.15) is 0 Å². The van der Waals surface area contributed by atoms with Crippen molar-refractivity contribution in [3.8, 4) is 5.69 Å². The van der Waals surface area contributed by atoms with E-state index in [1.807, 2.05) is 78.2 Å². The van der Waals surface area contributed by atoms with Gasteiger partial charge in [0.1, 0.15) is 0 Å². The predicted octanol–water partition coefficient (Wildman–Crippen LogP) is 6.08. The van der Waals surface area contributed by atoms with Gasteiger partial charge in [0.25, 0.3) is 0 Å². The number of aromatic nitrogens is 3. The molecule has 0 aliphatic heterocycles. The molecule has 0 saturated heterocycles. The van der Waals surface area contributed by atoms with Gasteiger partial charge >= 0.3 is 6.03 Å². The molecule has 0 aliphatic rings. The second kappa shape index (κ2) is 11.4. The molecule has 1 heterocycles.